The van der Waals surface area contributed by atoms with E-state index in [2.05, 4.69) is 15.5 Å². The molecule has 0 spiro atoms. The van der Waals surface area contributed by atoms with Crippen LogP contribution >= 0.6 is 0 Å². The normalized spacial score (nSPS) is 26.2. The second-order valence-corrected chi connectivity index (χ2v) is 6.98. The van der Waals surface area contributed by atoms with E-state index in [0.717, 1.165) is 24.9 Å². The Kier molecular flexibility index (Phi) is 6.03. The minimum atomic E-state index is -0.374. The number of carbonyl (C=O) groups is 2. The van der Waals surface area contributed by atoms with E-state index < -0.39 is 0 Å². The van der Waals surface area contributed by atoms with E-state index in [1.54, 1.807) is 0 Å². The van der Waals surface area contributed by atoms with Crippen LogP contribution in [-0.2, 0) is 4.79 Å². The summed E-state index contributed by atoms with van der Waals surface area (Å²) in [4.78, 5) is 25.7. The van der Waals surface area contributed by atoms with Gasteiger partial charge in [-0.25, -0.2) is 4.79 Å². The molecule has 1 aliphatic carbocycles. The number of carbonyl (C=O) groups excluding carboxylic acids is 2. The smallest absolute Gasteiger partial charge is 0.321 e. The Hall–Kier alpha value is -1.10. The minimum Gasteiger partial charge on any atom is -0.338 e. The molecule has 2 atom stereocenters. The molecule has 5 nitrogen and oxygen atoms in total. The number of nitrogens with one attached hydrogen (secondary N) is 2. The van der Waals surface area contributed by atoms with Crippen LogP contribution in [0.2, 0.25) is 0 Å². The van der Waals surface area contributed by atoms with Gasteiger partial charge in [0.15, 0.2) is 0 Å². The van der Waals surface area contributed by atoms with Crippen LogP contribution in [0.3, 0.4) is 0 Å². The Morgan fingerprint density at radius 1 is 1.14 bits per heavy atom. The molecule has 120 valence electrons. The highest BCUT2D eigenvalue weighted by Crippen LogP contribution is 2.35. The van der Waals surface area contributed by atoms with E-state index in [-0.39, 0.29) is 11.9 Å². The maximum absolute atomic E-state index is 11.9. The van der Waals surface area contributed by atoms with Crippen molar-refractivity contribution in [1.82, 2.24) is 15.5 Å². The van der Waals surface area contributed by atoms with Crippen LogP contribution in [0, 0.1) is 17.8 Å². The van der Waals surface area contributed by atoms with Gasteiger partial charge in [0.05, 0.1) is 6.54 Å². The molecule has 0 radical (unpaired) electrons. The molecular weight excluding hydrogens is 266 g/mol. The lowest BCUT2D eigenvalue weighted by Crippen LogP contribution is -2.49. The summed E-state index contributed by atoms with van der Waals surface area (Å²) in [6.45, 7) is 6.99. The number of amides is 3. The third-order valence-corrected chi connectivity index (χ3v) is 4.67. The maximum Gasteiger partial charge on any atom is 0.321 e. The lowest BCUT2D eigenvalue weighted by molar-refractivity contribution is -0.121. The van der Waals surface area contributed by atoms with Crippen molar-refractivity contribution < 1.29 is 9.59 Å². The van der Waals surface area contributed by atoms with E-state index >= 15 is 0 Å². The fraction of sp³-hybridized carbons (Fsp3) is 0.875. The zero-order valence-corrected chi connectivity index (χ0v) is 13.4. The molecule has 2 rings (SSSR count). The Morgan fingerprint density at radius 2 is 1.86 bits per heavy atom. The molecule has 2 aliphatic rings. The van der Waals surface area contributed by atoms with Crippen molar-refractivity contribution in [3.05, 3.63) is 0 Å². The molecule has 1 heterocycles. The maximum atomic E-state index is 11.9. The first kappa shape index (κ1) is 16.3. The highest BCUT2D eigenvalue weighted by Gasteiger charge is 2.31. The summed E-state index contributed by atoms with van der Waals surface area (Å²) in [6, 6.07) is -0.374. The molecule has 0 aromatic rings. The first-order valence-electron chi connectivity index (χ1n) is 8.34. The van der Waals surface area contributed by atoms with E-state index in [9.17, 15) is 9.59 Å². The van der Waals surface area contributed by atoms with Crippen molar-refractivity contribution in [1.29, 1.82) is 0 Å². The van der Waals surface area contributed by atoms with Crippen molar-refractivity contribution in [2.45, 2.75) is 46.0 Å². The second kappa shape index (κ2) is 7.78. The van der Waals surface area contributed by atoms with E-state index in [1.807, 2.05) is 13.8 Å². The zero-order chi connectivity index (χ0) is 15.2. The van der Waals surface area contributed by atoms with Crippen LogP contribution in [0.15, 0.2) is 0 Å². The predicted octanol–water partition coefficient (Wildman–Crippen LogP) is 1.98. The summed E-state index contributed by atoms with van der Waals surface area (Å²) in [5.41, 5.74) is 0. The van der Waals surface area contributed by atoms with Crippen molar-refractivity contribution in [2.75, 3.05) is 26.2 Å². The van der Waals surface area contributed by atoms with Gasteiger partial charge in [0.1, 0.15) is 0 Å². The molecular formula is C16H29N3O2. The number of fused-ring (bicyclic) bond motifs is 1. The molecule has 0 unspecified atom stereocenters. The number of piperidine rings is 1. The lowest BCUT2D eigenvalue weighted by atomic mass is 9.75. The molecule has 1 aliphatic heterocycles. The van der Waals surface area contributed by atoms with Crippen LogP contribution in [0.1, 0.15) is 46.0 Å². The van der Waals surface area contributed by atoms with E-state index in [1.165, 1.54) is 32.1 Å². The van der Waals surface area contributed by atoms with Crippen LogP contribution < -0.4 is 10.6 Å². The van der Waals surface area contributed by atoms with Gasteiger partial charge in [0.25, 0.3) is 0 Å². The highest BCUT2D eigenvalue weighted by atomic mass is 16.2. The van der Waals surface area contributed by atoms with Crippen molar-refractivity contribution in [2.24, 2.45) is 17.8 Å². The number of imide groups is 1. The number of hydrogen-bond donors (Lipinski definition) is 2. The molecule has 21 heavy (non-hydrogen) atoms. The number of rotatable bonds is 4. The van der Waals surface area contributed by atoms with Gasteiger partial charge in [-0.3, -0.25) is 15.0 Å². The Balaban J connectivity index is 1.69. The van der Waals surface area contributed by atoms with Gasteiger partial charge < -0.3 is 5.32 Å². The average molecular weight is 295 g/mol. The Labute approximate surface area is 127 Å². The van der Waals surface area contributed by atoms with Gasteiger partial charge in [0.2, 0.25) is 5.91 Å². The van der Waals surface area contributed by atoms with Crippen LogP contribution in [0.4, 0.5) is 4.79 Å². The van der Waals surface area contributed by atoms with Gasteiger partial charge in [-0.05, 0) is 37.1 Å². The highest BCUT2D eigenvalue weighted by molar-refractivity contribution is 5.95. The van der Waals surface area contributed by atoms with Gasteiger partial charge in [0, 0.05) is 13.1 Å². The fourth-order valence-electron chi connectivity index (χ4n) is 3.53. The first-order chi connectivity index (χ1) is 10.0. The SMILES string of the molecule is CC(C)CNC(=O)NC(=O)CN1CC[C@@H]2CCCC[C@@H]2C1. The Bertz CT molecular complexity index is 371. The molecule has 5 heteroatoms. The third-order valence-electron chi connectivity index (χ3n) is 4.67. The average Bonchev–Trinajstić information content (AvgIpc) is 2.45. The molecule has 0 aromatic heterocycles. The fourth-order valence-corrected chi connectivity index (χ4v) is 3.53. The van der Waals surface area contributed by atoms with Crippen molar-refractivity contribution >= 4 is 11.9 Å². The Morgan fingerprint density at radius 3 is 2.57 bits per heavy atom. The standard InChI is InChI=1S/C16H29N3O2/c1-12(2)9-17-16(21)18-15(20)11-19-8-7-13-5-3-4-6-14(13)10-19/h12-14H,3-11H2,1-2H3,(H2,17,18,20,21)/t13-,14+/m0/s1. The largest absolute Gasteiger partial charge is 0.338 e. The van der Waals surface area contributed by atoms with Crippen LogP contribution in [0.25, 0.3) is 0 Å². The van der Waals surface area contributed by atoms with Gasteiger partial charge in [-0.2, -0.15) is 0 Å². The summed E-state index contributed by atoms with van der Waals surface area (Å²) in [5, 5.41) is 5.13. The number of urea groups is 1. The summed E-state index contributed by atoms with van der Waals surface area (Å²) in [5.74, 6) is 1.82. The summed E-state index contributed by atoms with van der Waals surface area (Å²) in [6.07, 6.45) is 6.58. The van der Waals surface area contributed by atoms with Crippen molar-refractivity contribution in [3.63, 3.8) is 0 Å². The molecule has 2 N–H and O–H groups in total. The molecule has 1 saturated heterocycles. The van der Waals surface area contributed by atoms with Crippen LogP contribution in [-0.4, -0.2) is 43.0 Å². The molecule has 2 fully saturated rings. The van der Waals surface area contributed by atoms with Gasteiger partial charge in [-0.15, -0.1) is 0 Å². The summed E-state index contributed by atoms with van der Waals surface area (Å²) in [7, 11) is 0. The quantitative estimate of drug-likeness (QED) is 0.833. The summed E-state index contributed by atoms with van der Waals surface area (Å²) >= 11 is 0. The molecule has 3 amide bonds. The number of hydrogen-bond acceptors (Lipinski definition) is 3. The van der Waals surface area contributed by atoms with Crippen molar-refractivity contribution in [3.8, 4) is 0 Å². The molecule has 0 aromatic carbocycles. The van der Waals surface area contributed by atoms with Gasteiger partial charge >= 0.3 is 6.03 Å². The first-order valence-corrected chi connectivity index (χ1v) is 8.34. The van der Waals surface area contributed by atoms with E-state index in [0.29, 0.717) is 19.0 Å². The number of likely N-dealkylation sites (tertiary alicyclic amines) is 1. The predicted molar refractivity (Wildman–Crippen MR) is 82.9 cm³/mol. The number of nitrogens with zero attached hydrogens (tertiary/aromatic N) is 1. The monoisotopic (exact) mass is 295 g/mol. The minimum absolute atomic E-state index is 0.189. The summed E-state index contributed by atoms with van der Waals surface area (Å²) < 4.78 is 0. The zero-order valence-electron chi connectivity index (χ0n) is 13.4. The second-order valence-electron chi connectivity index (χ2n) is 6.98. The van der Waals surface area contributed by atoms with E-state index in [4.69, 9.17) is 0 Å². The third kappa shape index (κ3) is 5.30. The molecule has 1 saturated carbocycles. The van der Waals surface area contributed by atoms with Gasteiger partial charge in [-0.1, -0.05) is 33.1 Å². The van der Waals surface area contributed by atoms with Crippen LogP contribution in [0.5, 0.6) is 0 Å². The topological polar surface area (TPSA) is 61.4 Å². The molecule has 0 bridgehead atoms. The lowest BCUT2D eigenvalue weighted by Gasteiger charge is -2.41.